The summed E-state index contributed by atoms with van der Waals surface area (Å²) in [5.41, 5.74) is 9.37. The maximum atomic E-state index is 4.90. The van der Waals surface area contributed by atoms with Crippen LogP contribution in [-0.2, 0) is 0 Å². The number of aromatic amines is 2. The number of hydrogen-bond acceptors (Lipinski definition) is 7. The van der Waals surface area contributed by atoms with Gasteiger partial charge in [0, 0.05) is 29.2 Å². The second-order valence-electron chi connectivity index (χ2n) is 7.86. The van der Waals surface area contributed by atoms with Crippen molar-refractivity contribution in [1.82, 2.24) is 35.1 Å². The number of fused-ring (bicyclic) bond motifs is 2. The molecule has 0 bridgehead atoms. The Balaban J connectivity index is 1.43. The van der Waals surface area contributed by atoms with Gasteiger partial charge in [-0.05, 0) is 53.1 Å². The van der Waals surface area contributed by atoms with Crippen LogP contribution in [-0.4, -0.2) is 35.1 Å². The van der Waals surface area contributed by atoms with E-state index < -0.39 is 0 Å². The molecule has 6 heterocycles. The number of pyridine rings is 3. The van der Waals surface area contributed by atoms with E-state index in [1.165, 1.54) is 0 Å². The molecule has 6 rings (SSSR count). The molecule has 0 radical (unpaired) electrons. The first-order chi connectivity index (χ1) is 16.7. The molecule has 0 saturated carbocycles. The van der Waals surface area contributed by atoms with Crippen LogP contribution in [0.3, 0.4) is 0 Å². The predicted octanol–water partition coefficient (Wildman–Crippen LogP) is 6.02. The molecule has 0 unspecified atom stereocenters. The van der Waals surface area contributed by atoms with E-state index in [-0.39, 0.29) is 0 Å². The van der Waals surface area contributed by atoms with Crippen molar-refractivity contribution in [3.05, 3.63) is 72.0 Å². The van der Waals surface area contributed by atoms with Gasteiger partial charge in [-0.3, -0.25) is 10.1 Å². The Bertz CT molecular complexity index is 1640. The lowest BCUT2D eigenvalue weighted by atomic mass is 10.1. The number of rotatable bonds is 6. The van der Waals surface area contributed by atoms with E-state index >= 15 is 0 Å². The third-order valence-electron chi connectivity index (χ3n) is 5.63. The highest BCUT2D eigenvalue weighted by Gasteiger charge is 2.17. The average molecular weight is 465 g/mol. The lowest BCUT2D eigenvalue weighted by Crippen LogP contribution is -1.97. The molecular weight excluding hydrogens is 444 g/mol. The Kier molecular flexibility index (Phi) is 4.88. The molecule has 6 aromatic rings. The van der Waals surface area contributed by atoms with Gasteiger partial charge in [-0.1, -0.05) is 13.5 Å². The van der Waals surface area contributed by atoms with Crippen LogP contribution in [0.2, 0.25) is 0 Å². The number of nitrogens with one attached hydrogen (secondary N) is 3. The molecule has 0 aromatic carbocycles. The van der Waals surface area contributed by atoms with Gasteiger partial charge in [-0.25, -0.2) is 15.0 Å². The van der Waals surface area contributed by atoms with Gasteiger partial charge in [-0.2, -0.15) is 16.4 Å². The topological polar surface area (TPSA) is 108 Å². The smallest absolute Gasteiger partial charge is 0.162 e. The highest BCUT2D eigenvalue weighted by molar-refractivity contribution is 7.08. The van der Waals surface area contributed by atoms with Crippen molar-refractivity contribution >= 4 is 39.2 Å². The summed E-state index contributed by atoms with van der Waals surface area (Å²) in [5.74, 6) is 0.619. The number of thiophene rings is 1. The fourth-order valence-electron chi connectivity index (χ4n) is 3.84. The highest BCUT2D eigenvalue weighted by atomic mass is 32.1. The van der Waals surface area contributed by atoms with Crippen molar-refractivity contribution in [2.45, 2.75) is 13.3 Å². The molecule has 9 heteroatoms. The summed E-state index contributed by atoms with van der Waals surface area (Å²) in [4.78, 5) is 21.9. The zero-order chi connectivity index (χ0) is 23.1. The van der Waals surface area contributed by atoms with E-state index in [2.05, 4.69) is 60.8 Å². The van der Waals surface area contributed by atoms with Gasteiger partial charge in [0.15, 0.2) is 17.2 Å². The molecule has 8 nitrogen and oxygen atoms in total. The van der Waals surface area contributed by atoms with Crippen molar-refractivity contribution in [3.63, 3.8) is 0 Å². The lowest BCUT2D eigenvalue weighted by molar-refractivity contribution is 1.10. The number of H-pyrrole nitrogens is 2. The molecule has 6 aromatic heterocycles. The van der Waals surface area contributed by atoms with Crippen LogP contribution in [0.15, 0.2) is 72.0 Å². The minimum atomic E-state index is 0.619. The van der Waals surface area contributed by atoms with Crippen LogP contribution >= 0.6 is 11.3 Å². The molecule has 0 spiro atoms. The fraction of sp³-hybridized carbons (Fsp3) is 0.0800. The predicted molar refractivity (Wildman–Crippen MR) is 136 cm³/mol. The van der Waals surface area contributed by atoms with Crippen molar-refractivity contribution in [1.29, 1.82) is 0 Å². The summed E-state index contributed by atoms with van der Waals surface area (Å²) in [7, 11) is 0. The molecule has 0 aliphatic rings. The van der Waals surface area contributed by atoms with Crippen LogP contribution in [0.5, 0.6) is 0 Å². The number of hydrogen-bond donors (Lipinski definition) is 3. The molecule has 3 N–H and O–H groups in total. The summed E-state index contributed by atoms with van der Waals surface area (Å²) in [6.07, 6.45) is 6.20. The SMILES string of the molecule is C=C(CC)Nc1cncc(-c2ccc3[nH]nc(-c4nc5c(-c6ccsc6)ccnc5[nH]4)c3n2)c1. The largest absolute Gasteiger partial charge is 0.358 e. The van der Waals surface area contributed by atoms with Crippen LogP contribution in [0, 0.1) is 0 Å². The summed E-state index contributed by atoms with van der Waals surface area (Å²) in [6.45, 7) is 6.06. The van der Waals surface area contributed by atoms with Gasteiger partial charge in [-0.15, -0.1) is 0 Å². The Morgan fingerprint density at radius 3 is 2.88 bits per heavy atom. The van der Waals surface area contributed by atoms with E-state index in [1.54, 1.807) is 29.9 Å². The second-order valence-corrected chi connectivity index (χ2v) is 8.64. The Hall–Kier alpha value is -4.37. The molecule has 0 saturated heterocycles. The van der Waals surface area contributed by atoms with Crippen molar-refractivity contribution in [3.8, 4) is 33.9 Å². The third kappa shape index (κ3) is 3.52. The van der Waals surface area contributed by atoms with E-state index in [1.807, 2.05) is 24.3 Å². The van der Waals surface area contributed by atoms with Crippen LogP contribution in [0.4, 0.5) is 5.69 Å². The monoisotopic (exact) mass is 464 g/mol. The summed E-state index contributed by atoms with van der Waals surface area (Å²) in [6, 6.07) is 10.00. The van der Waals surface area contributed by atoms with E-state index in [0.29, 0.717) is 17.2 Å². The lowest BCUT2D eigenvalue weighted by Gasteiger charge is -2.08. The Labute approximate surface area is 198 Å². The average Bonchev–Trinajstić information content (AvgIpc) is 3.62. The molecular formula is C25H20N8S. The molecule has 0 atom stereocenters. The van der Waals surface area contributed by atoms with Crippen molar-refractivity contribution in [2.75, 3.05) is 5.32 Å². The van der Waals surface area contributed by atoms with Gasteiger partial charge in [0.2, 0.25) is 0 Å². The van der Waals surface area contributed by atoms with Gasteiger partial charge in [0.05, 0.1) is 23.1 Å². The number of anilines is 1. The minimum absolute atomic E-state index is 0.619. The third-order valence-corrected chi connectivity index (χ3v) is 6.31. The summed E-state index contributed by atoms with van der Waals surface area (Å²) < 4.78 is 0. The quantitative estimate of drug-likeness (QED) is 0.278. The minimum Gasteiger partial charge on any atom is -0.358 e. The number of aromatic nitrogens is 7. The van der Waals surface area contributed by atoms with Gasteiger partial charge in [0.25, 0.3) is 0 Å². The first-order valence-corrected chi connectivity index (χ1v) is 11.8. The summed E-state index contributed by atoms with van der Waals surface area (Å²) in [5, 5.41) is 15.0. The molecule has 0 fully saturated rings. The molecule has 0 aliphatic carbocycles. The first-order valence-electron chi connectivity index (χ1n) is 10.8. The maximum Gasteiger partial charge on any atom is 0.162 e. The normalized spacial score (nSPS) is 11.3. The zero-order valence-electron chi connectivity index (χ0n) is 18.3. The standard InChI is InChI=1S/C25H20N8S/c1-3-14(2)28-17-10-16(11-26-12-17)19-4-5-20-22(29-19)23(33-32-20)25-30-21-18(15-7-9-34-13-15)6-8-27-24(21)31-25/h4-13,28H,2-3H2,1H3,(H,32,33)(H,27,30,31). The van der Waals surface area contributed by atoms with E-state index in [0.717, 1.165) is 56.7 Å². The van der Waals surface area contributed by atoms with Crippen LogP contribution in [0.25, 0.3) is 56.1 Å². The number of imidazole rings is 1. The fourth-order valence-corrected chi connectivity index (χ4v) is 4.49. The van der Waals surface area contributed by atoms with Crippen LogP contribution < -0.4 is 5.32 Å². The van der Waals surface area contributed by atoms with Crippen molar-refractivity contribution < 1.29 is 0 Å². The summed E-state index contributed by atoms with van der Waals surface area (Å²) >= 11 is 1.65. The van der Waals surface area contributed by atoms with E-state index in [4.69, 9.17) is 9.97 Å². The van der Waals surface area contributed by atoms with Gasteiger partial charge < -0.3 is 10.3 Å². The first kappa shape index (κ1) is 20.3. The molecule has 0 aliphatic heterocycles. The van der Waals surface area contributed by atoms with Gasteiger partial charge in [0.1, 0.15) is 11.0 Å². The zero-order valence-corrected chi connectivity index (χ0v) is 19.1. The number of allylic oxidation sites excluding steroid dienone is 1. The Morgan fingerprint density at radius 1 is 1.09 bits per heavy atom. The van der Waals surface area contributed by atoms with E-state index in [9.17, 15) is 0 Å². The molecule has 166 valence electrons. The Morgan fingerprint density at radius 2 is 2.03 bits per heavy atom. The molecule has 34 heavy (non-hydrogen) atoms. The van der Waals surface area contributed by atoms with Crippen LogP contribution in [0.1, 0.15) is 13.3 Å². The maximum absolute atomic E-state index is 4.90. The van der Waals surface area contributed by atoms with Gasteiger partial charge >= 0.3 is 0 Å². The highest BCUT2D eigenvalue weighted by Crippen LogP contribution is 2.32. The van der Waals surface area contributed by atoms with Crippen molar-refractivity contribution in [2.24, 2.45) is 0 Å². The molecule has 0 amide bonds. The second kappa shape index (κ2) is 8.20. The number of nitrogens with zero attached hydrogens (tertiary/aromatic N) is 5.